The number of hydrogen-bond acceptors (Lipinski definition) is 4. The smallest absolute Gasteiger partial charge is 0.252 e. The molecule has 1 aliphatic heterocycles. The van der Waals surface area contributed by atoms with E-state index in [0.29, 0.717) is 17.1 Å². The molecule has 1 saturated heterocycles. The molecule has 7 heteroatoms. The van der Waals surface area contributed by atoms with Crippen molar-refractivity contribution in [1.29, 1.82) is 0 Å². The van der Waals surface area contributed by atoms with Gasteiger partial charge in [0, 0.05) is 9.61 Å². The first kappa shape index (κ1) is 18.3. The fourth-order valence-corrected chi connectivity index (χ4v) is 2.94. The van der Waals surface area contributed by atoms with E-state index in [9.17, 15) is 4.79 Å². The molecule has 2 rings (SSSR count). The van der Waals surface area contributed by atoms with Gasteiger partial charge in [-0.1, -0.05) is 0 Å². The van der Waals surface area contributed by atoms with Crippen LogP contribution in [0, 0.1) is 3.57 Å². The van der Waals surface area contributed by atoms with Gasteiger partial charge in [0.25, 0.3) is 5.91 Å². The largest absolute Gasteiger partial charge is 0.493 e. The number of piperidine rings is 1. The van der Waals surface area contributed by atoms with Crippen molar-refractivity contribution in [3.63, 3.8) is 0 Å². The lowest BCUT2D eigenvalue weighted by Gasteiger charge is -2.24. The first-order valence-electron chi connectivity index (χ1n) is 6.58. The summed E-state index contributed by atoms with van der Waals surface area (Å²) in [5.74, 6) is 1.15. The highest BCUT2D eigenvalue weighted by atomic mass is 127. The summed E-state index contributed by atoms with van der Waals surface area (Å²) in [5, 5.41) is 6.37. The van der Waals surface area contributed by atoms with E-state index in [0.717, 1.165) is 29.5 Å². The number of carbonyl (C=O) groups is 1. The normalized spacial score (nSPS) is 15.0. The highest BCUT2D eigenvalue weighted by molar-refractivity contribution is 14.1. The summed E-state index contributed by atoms with van der Waals surface area (Å²) in [6.45, 7) is 1.90. The molecule has 0 aliphatic carbocycles. The number of amides is 1. The van der Waals surface area contributed by atoms with Crippen LogP contribution in [0.1, 0.15) is 23.2 Å². The average Bonchev–Trinajstić information content (AvgIpc) is 2.47. The van der Waals surface area contributed by atoms with Gasteiger partial charge in [0.2, 0.25) is 0 Å². The first-order chi connectivity index (χ1) is 9.65. The zero-order valence-electron chi connectivity index (χ0n) is 12.1. The maximum Gasteiger partial charge on any atom is 0.252 e. The van der Waals surface area contributed by atoms with E-state index in [4.69, 9.17) is 9.47 Å². The van der Waals surface area contributed by atoms with Crippen LogP contribution in [-0.4, -0.2) is 39.3 Å². The Morgan fingerprint density at radius 2 is 1.81 bits per heavy atom. The molecule has 1 amide bonds. The Morgan fingerprint density at radius 3 is 2.38 bits per heavy atom. The molecule has 0 spiro atoms. The number of ether oxygens (including phenoxy) is 2. The maximum atomic E-state index is 12.4. The van der Waals surface area contributed by atoms with Crippen LogP contribution in [-0.2, 0) is 0 Å². The van der Waals surface area contributed by atoms with E-state index in [-0.39, 0.29) is 24.4 Å². The summed E-state index contributed by atoms with van der Waals surface area (Å²) in [7, 11) is 3.15. The maximum absolute atomic E-state index is 12.4. The molecule has 1 aliphatic rings. The van der Waals surface area contributed by atoms with Gasteiger partial charge in [-0.2, -0.15) is 0 Å². The zero-order chi connectivity index (χ0) is 14.5. The molecule has 1 aromatic rings. The van der Waals surface area contributed by atoms with Crippen molar-refractivity contribution in [3.05, 3.63) is 21.3 Å². The van der Waals surface area contributed by atoms with Crippen LogP contribution >= 0.6 is 35.0 Å². The number of rotatable bonds is 4. The minimum Gasteiger partial charge on any atom is -0.493 e. The molecule has 0 bridgehead atoms. The van der Waals surface area contributed by atoms with Crippen LogP contribution in [0.5, 0.6) is 11.5 Å². The SMILES string of the molecule is COc1cc(I)c(C(=O)NC2CCNCC2)cc1OC.Cl. The molecular weight excluding hydrogens is 407 g/mol. The van der Waals surface area contributed by atoms with Crippen LogP contribution < -0.4 is 20.1 Å². The number of nitrogens with one attached hydrogen (secondary N) is 2. The number of hydrogen-bond donors (Lipinski definition) is 2. The monoisotopic (exact) mass is 426 g/mol. The van der Waals surface area contributed by atoms with Crippen LogP contribution in [0.25, 0.3) is 0 Å². The molecule has 1 aromatic carbocycles. The van der Waals surface area contributed by atoms with E-state index in [1.807, 2.05) is 6.07 Å². The Balaban J connectivity index is 0.00000220. The van der Waals surface area contributed by atoms with Gasteiger partial charge in [-0.05, 0) is 60.7 Å². The van der Waals surface area contributed by atoms with Gasteiger partial charge in [-0.3, -0.25) is 4.79 Å². The topological polar surface area (TPSA) is 59.6 Å². The van der Waals surface area contributed by atoms with E-state index in [1.165, 1.54) is 0 Å². The number of methoxy groups -OCH3 is 2. The third-order valence-electron chi connectivity index (χ3n) is 3.39. The fourth-order valence-electron chi connectivity index (χ4n) is 2.26. The molecule has 1 heterocycles. The third-order valence-corrected chi connectivity index (χ3v) is 4.28. The van der Waals surface area contributed by atoms with Crippen molar-refractivity contribution < 1.29 is 14.3 Å². The van der Waals surface area contributed by atoms with E-state index < -0.39 is 0 Å². The van der Waals surface area contributed by atoms with Crippen LogP contribution in [0.3, 0.4) is 0 Å². The predicted molar refractivity (Wildman–Crippen MR) is 92.9 cm³/mol. The Bertz CT molecular complexity index is 493. The van der Waals surface area contributed by atoms with E-state index >= 15 is 0 Å². The summed E-state index contributed by atoms with van der Waals surface area (Å²) >= 11 is 2.14. The van der Waals surface area contributed by atoms with Gasteiger partial charge < -0.3 is 20.1 Å². The lowest BCUT2D eigenvalue weighted by atomic mass is 10.1. The molecule has 118 valence electrons. The molecule has 1 fully saturated rings. The summed E-state index contributed by atoms with van der Waals surface area (Å²) in [6, 6.07) is 3.79. The molecular formula is C14H20ClIN2O3. The highest BCUT2D eigenvalue weighted by Gasteiger charge is 2.20. The highest BCUT2D eigenvalue weighted by Crippen LogP contribution is 2.31. The number of halogens is 2. The van der Waals surface area contributed by atoms with Crippen molar-refractivity contribution in [3.8, 4) is 11.5 Å². The fraction of sp³-hybridized carbons (Fsp3) is 0.500. The van der Waals surface area contributed by atoms with Gasteiger partial charge in [0.1, 0.15) is 0 Å². The second-order valence-electron chi connectivity index (χ2n) is 4.68. The Labute approximate surface area is 144 Å². The standard InChI is InChI=1S/C14H19IN2O3.ClH/c1-19-12-7-10(11(15)8-13(12)20-2)14(18)17-9-3-5-16-6-4-9;/h7-9,16H,3-6H2,1-2H3,(H,17,18);1H. The molecule has 0 aromatic heterocycles. The third kappa shape index (κ3) is 4.62. The molecule has 0 unspecified atom stereocenters. The molecule has 0 radical (unpaired) electrons. The minimum atomic E-state index is -0.0535. The molecule has 5 nitrogen and oxygen atoms in total. The molecule has 0 saturated carbocycles. The first-order valence-corrected chi connectivity index (χ1v) is 7.66. The molecule has 2 N–H and O–H groups in total. The van der Waals surface area contributed by atoms with Crippen molar-refractivity contribution in [2.45, 2.75) is 18.9 Å². The van der Waals surface area contributed by atoms with Gasteiger partial charge in [-0.25, -0.2) is 0 Å². The Morgan fingerprint density at radius 1 is 1.24 bits per heavy atom. The van der Waals surface area contributed by atoms with Crippen LogP contribution in [0.15, 0.2) is 12.1 Å². The van der Waals surface area contributed by atoms with Crippen molar-refractivity contribution in [1.82, 2.24) is 10.6 Å². The summed E-state index contributed by atoms with van der Waals surface area (Å²) in [5.41, 5.74) is 0.627. The lowest BCUT2D eigenvalue weighted by Crippen LogP contribution is -2.42. The van der Waals surface area contributed by atoms with Gasteiger partial charge in [0.15, 0.2) is 11.5 Å². The summed E-state index contributed by atoms with van der Waals surface area (Å²) in [4.78, 5) is 12.4. The lowest BCUT2D eigenvalue weighted by molar-refractivity contribution is 0.0928. The van der Waals surface area contributed by atoms with Gasteiger partial charge >= 0.3 is 0 Å². The summed E-state index contributed by atoms with van der Waals surface area (Å²) in [6.07, 6.45) is 1.94. The minimum absolute atomic E-state index is 0. The number of benzene rings is 1. The predicted octanol–water partition coefficient (Wildman–Crippen LogP) is 2.21. The number of carbonyl (C=O) groups excluding carboxylic acids is 1. The van der Waals surface area contributed by atoms with Crippen LogP contribution in [0.2, 0.25) is 0 Å². The second-order valence-corrected chi connectivity index (χ2v) is 5.85. The van der Waals surface area contributed by atoms with E-state index in [2.05, 4.69) is 33.2 Å². The summed E-state index contributed by atoms with van der Waals surface area (Å²) < 4.78 is 11.3. The molecule has 21 heavy (non-hydrogen) atoms. The van der Waals surface area contributed by atoms with Gasteiger partial charge in [-0.15, -0.1) is 12.4 Å². The molecule has 0 atom stereocenters. The zero-order valence-corrected chi connectivity index (χ0v) is 15.0. The quantitative estimate of drug-likeness (QED) is 0.725. The Hall–Kier alpha value is -0.730. The van der Waals surface area contributed by atoms with Crippen molar-refractivity contribution >= 4 is 40.9 Å². The van der Waals surface area contributed by atoms with Crippen LogP contribution in [0.4, 0.5) is 0 Å². The van der Waals surface area contributed by atoms with Gasteiger partial charge in [0.05, 0.1) is 19.8 Å². The Kier molecular flexibility index (Phi) is 7.55. The van der Waals surface area contributed by atoms with Crippen molar-refractivity contribution in [2.24, 2.45) is 0 Å². The average molecular weight is 427 g/mol. The van der Waals surface area contributed by atoms with E-state index in [1.54, 1.807) is 20.3 Å². The van der Waals surface area contributed by atoms with Crippen molar-refractivity contribution in [2.75, 3.05) is 27.3 Å². The second kappa shape index (κ2) is 8.65.